The van der Waals surface area contributed by atoms with Crippen LogP contribution in [0.25, 0.3) is 0 Å². The fourth-order valence-corrected chi connectivity index (χ4v) is 3.33. The SMILES string of the molecule is COC(=O)C1=C(C(=O)c2ccc(Cl)cc2)[C@@H](c2ccc(C)cc2)n2nnnc2N1. The highest BCUT2D eigenvalue weighted by Gasteiger charge is 2.38. The number of Topliss-reactive ketones (excluding diaryl/α,β-unsaturated/α-hetero) is 1. The van der Waals surface area contributed by atoms with Crippen LogP contribution in [0.5, 0.6) is 0 Å². The van der Waals surface area contributed by atoms with Gasteiger partial charge in [0, 0.05) is 10.6 Å². The average Bonchev–Trinajstić information content (AvgIpc) is 3.21. The van der Waals surface area contributed by atoms with Crippen LogP contribution in [0.3, 0.4) is 0 Å². The number of carbonyl (C=O) groups excluding carboxylic acids is 2. The molecule has 2 aromatic carbocycles. The number of anilines is 1. The molecule has 0 saturated heterocycles. The first-order valence-electron chi connectivity index (χ1n) is 8.74. The molecule has 1 aromatic heterocycles. The van der Waals surface area contributed by atoms with Crippen LogP contribution in [0.4, 0.5) is 5.95 Å². The Hall–Kier alpha value is -3.52. The fourth-order valence-electron chi connectivity index (χ4n) is 3.20. The number of aryl methyl sites for hydroxylation is 1. The average molecular weight is 410 g/mol. The van der Waals surface area contributed by atoms with Crippen molar-refractivity contribution < 1.29 is 14.3 Å². The van der Waals surface area contributed by atoms with Gasteiger partial charge in [-0.15, -0.1) is 0 Å². The topological polar surface area (TPSA) is 99.0 Å². The predicted octanol–water partition coefficient (Wildman–Crippen LogP) is 2.96. The summed E-state index contributed by atoms with van der Waals surface area (Å²) in [5, 5.41) is 15.0. The van der Waals surface area contributed by atoms with Crippen molar-refractivity contribution in [2.24, 2.45) is 0 Å². The van der Waals surface area contributed by atoms with Crippen LogP contribution in [-0.2, 0) is 9.53 Å². The van der Waals surface area contributed by atoms with Crippen LogP contribution in [0, 0.1) is 6.92 Å². The molecule has 0 radical (unpaired) electrons. The van der Waals surface area contributed by atoms with Gasteiger partial charge in [0.1, 0.15) is 11.7 Å². The van der Waals surface area contributed by atoms with Gasteiger partial charge >= 0.3 is 5.97 Å². The Kier molecular flexibility index (Phi) is 4.85. The third-order valence-electron chi connectivity index (χ3n) is 4.65. The molecule has 0 saturated carbocycles. The number of carbonyl (C=O) groups is 2. The number of nitrogens with zero attached hydrogens (tertiary/aromatic N) is 4. The molecular formula is C20H16ClN5O3. The molecule has 0 aliphatic carbocycles. The molecule has 4 rings (SSSR count). The summed E-state index contributed by atoms with van der Waals surface area (Å²) in [6.07, 6.45) is 0. The van der Waals surface area contributed by atoms with Crippen molar-refractivity contribution in [1.29, 1.82) is 0 Å². The first-order valence-corrected chi connectivity index (χ1v) is 9.11. The Bertz CT molecular complexity index is 1120. The third kappa shape index (κ3) is 3.38. The Morgan fingerprint density at radius 1 is 1.10 bits per heavy atom. The minimum Gasteiger partial charge on any atom is -0.464 e. The first-order chi connectivity index (χ1) is 14.0. The van der Waals surface area contributed by atoms with Gasteiger partial charge in [-0.2, -0.15) is 4.68 Å². The van der Waals surface area contributed by atoms with E-state index in [4.69, 9.17) is 16.3 Å². The van der Waals surface area contributed by atoms with Gasteiger partial charge in [0.05, 0.1) is 12.7 Å². The van der Waals surface area contributed by atoms with Crippen molar-refractivity contribution in [3.63, 3.8) is 0 Å². The molecule has 8 nitrogen and oxygen atoms in total. The monoisotopic (exact) mass is 409 g/mol. The number of aromatic nitrogens is 4. The summed E-state index contributed by atoms with van der Waals surface area (Å²) < 4.78 is 6.38. The van der Waals surface area contributed by atoms with Crippen molar-refractivity contribution in [2.45, 2.75) is 13.0 Å². The van der Waals surface area contributed by atoms with Crippen LogP contribution in [0.2, 0.25) is 5.02 Å². The van der Waals surface area contributed by atoms with E-state index in [1.807, 2.05) is 31.2 Å². The van der Waals surface area contributed by atoms with E-state index >= 15 is 0 Å². The molecule has 0 fully saturated rings. The molecule has 0 spiro atoms. The summed E-state index contributed by atoms with van der Waals surface area (Å²) in [4.78, 5) is 26.0. The van der Waals surface area contributed by atoms with Crippen LogP contribution < -0.4 is 5.32 Å². The zero-order valence-corrected chi connectivity index (χ0v) is 16.3. The molecule has 2 heterocycles. The van der Waals surface area contributed by atoms with Gasteiger partial charge in [0.2, 0.25) is 5.95 Å². The minimum atomic E-state index is -0.709. The second-order valence-electron chi connectivity index (χ2n) is 6.50. The second-order valence-corrected chi connectivity index (χ2v) is 6.94. The summed E-state index contributed by atoms with van der Waals surface area (Å²) in [7, 11) is 1.25. The van der Waals surface area contributed by atoms with Crippen molar-refractivity contribution >= 4 is 29.3 Å². The molecule has 1 atom stereocenters. The maximum Gasteiger partial charge on any atom is 0.355 e. The number of fused-ring (bicyclic) bond motifs is 1. The van der Waals surface area contributed by atoms with E-state index < -0.39 is 12.0 Å². The number of rotatable bonds is 4. The summed E-state index contributed by atoms with van der Waals surface area (Å²) in [6, 6.07) is 13.3. The van der Waals surface area contributed by atoms with E-state index in [0.29, 0.717) is 10.6 Å². The second kappa shape index (κ2) is 7.48. The van der Waals surface area contributed by atoms with Crippen molar-refractivity contribution in [3.8, 4) is 0 Å². The third-order valence-corrected chi connectivity index (χ3v) is 4.90. The lowest BCUT2D eigenvalue weighted by molar-refractivity contribution is -0.136. The standard InChI is InChI=1S/C20H16ClN5O3/c1-11-3-5-12(6-4-11)17-15(18(27)13-7-9-14(21)10-8-13)16(19(28)29-2)22-20-23-24-25-26(17)20/h3-10,17H,1-2H3,(H,22,23,25)/t17-/m1/s1. The Balaban J connectivity index is 1.94. The number of nitrogens with one attached hydrogen (secondary N) is 1. The fraction of sp³-hybridized carbons (Fsp3) is 0.150. The number of tetrazole rings is 1. The molecule has 0 amide bonds. The zero-order valence-electron chi connectivity index (χ0n) is 15.6. The molecule has 1 aliphatic rings. The Labute approximate surface area is 171 Å². The summed E-state index contributed by atoms with van der Waals surface area (Å²) in [5.41, 5.74) is 2.37. The number of esters is 1. The van der Waals surface area contributed by atoms with Gasteiger partial charge in [0.25, 0.3) is 0 Å². The van der Waals surface area contributed by atoms with Crippen molar-refractivity contribution in [1.82, 2.24) is 20.2 Å². The van der Waals surface area contributed by atoms with Crippen LogP contribution >= 0.6 is 11.6 Å². The lowest BCUT2D eigenvalue weighted by Crippen LogP contribution is -2.32. The number of benzene rings is 2. The summed E-state index contributed by atoms with van der Waals surface area (Å²) >= 11 is 5.95. The van der Waals surface area contributed by atoms with E-state index in [2.05, 4.69) is 20.8 Å². The number of hydrogen-bond donors (Lipinski definition) is 1. The molecular weight excluding hydrogens is 394 g/mol. The number of methoxy groups -OCH3 is 1. The molecule has 146 valence electrons. The molecule has 0 bridgehead atoms. The van der Waals surface area contributed by atoms with Crippen LogP contribution in [0.15, 0.2) is 59.8 Å². The van der Waals surface area contributed by atoms with Crippen molar-refractivity contribution in [2.75, 3.05) is 12.4 Å². The molecule has 9 heteroatoms. The quantitative estimate of drug-likeness (QED) is 0.522. The smallest absolute Gasteiger partial charge is 0.355 e. The molecule has 1 aliphatic heterocycles. The summed E-state index contributed by atoms with van der Waals surface area (Å²) in [5.74, 6) is -0.807. The maximum atomic E-state index is 13.5. The van der Waals surface area contributed by atoms with Gasteiger partial charge in [-0.05, 0) is 47.2 Å². The molecule has 29 heavy (non-hydrogen) atoms. The number of allylic oxidation sites excluding steroid dienone is 1. The molecule has 3 aromatic rings. The van der Waals surface area contributed by atoms with Gasteiger partial charge < -0.3 is 10.1 Å². The van der Waals surface area contributed by atoms with Crippen LogP contribution in [-0.4, -0.2) is 39.1 Å². The van der Waals surface area contributed by atoms with E-state index in [0.717, 1.165) is 11.1 Å². The van der Waals surface area contributed by atoms with Crippen LogP contribution in [0.1, 0.15) is 27.5 Å². The largest absolute Gasteiger partial charge is 0.464 e. The van der Waals surface area contributed by atoms with Gasteiger partial charge in [-0.1, -0.05) is 46.5 Å². The number of halogens is 1. The van der Waals surface area contributed by atoms with E-state index in [9.17, 15) is 9.59 Å². The lowest BCUT2D eigenvalue weighted by atomic mass is 9.89. The highest BCUT2D eigenvalue weighted by atomic mass is 35.5. The van der Waals surface area contributed by atoms with E-state index in [-0.39, 0.29) is 23.0 Å². The lowest BCUT2D eigenvalue weighted by Gasteiger charge is -2.28. The normalized spacial score (nSPS) is 15.5. The van der Waals surface area contributed by atoms with Crippen molar-refractivity contribution in [3.05, 3.63) is 81.5 Å². The van der Waals surface area contributed by atoms with E-state index in [1.165, 1.54) is 11.8 Å². The van der Waals surface area contributed by atoms with Gasteiger partial charge in [-0.25, -0.2) is 4.79 Å². The maximum absolute atomic E-state index is 13.5. The highest BCUT2D eigenvalue weighted by molar-refractivity contribution is 6.30. The molecule has 0 unspecified atom stereocenters. The summed E-state index contributed by atoms with van der Waals surface area (Å²) in [6.45, 7) is 1.96. The van der Waals surface area contributed by atoms with Gasteiger partial charge in [-0.3, -0.25) is 4.79 Å². The molecule has 1 N–H and O–H groups in total. The van der Waals surface area contributed by atoms with Gasteiger partial charge in [0.15, 0.2) is 5.78 Å². The van der Waals surface area contributed by atoms with E-state index in [1.54, 1.807) is 24.3 Å². The Morgan fingerprint density at radius 3 is 2.45 bits per heavy atom. The Morgan fingerprint density at radius 2 is 1.79 bits per heavy atom. The minimum absolute atomic E-state index is 0.000301. The highest BCUT2D eigenvalue weighted by Crippen LogP contribution is 2.36. The number of ether oxygens (including phenoxy) is 1. The predicted molar refractivity (Wildman–Crippen MR) is 106 cm³/mol. The first kappa shape index (κ1) is 18.8. The number of hydrogen-bond acceptors (Lipinski definition) is 7. The number of ketones is 1. The zero-order chi connectivity index (χ0) is 20.5.